The van der Waals surface area contributed by atoms with Gasteiger partial charge in [-0.3, -0.25) is 9.59 Å². The number of rotatable bonds is 7. The second-order valence-electron chi connectivity index (χ2n) is 11.5. The number of halogens is 3. The molecule has 1 spiro atoms. The monoisotopic (exact) mass is 647 g/mol. The zero-order valence-electron chi connectivity index (χ0n) is 24.3. The minimum Gasteiger partial charge on any atom is -0.497 e. The molecular formula is C32H40Cl3N5O3. The van der Waals surface area contributed by atoms with Gasteiger partial charge < -0.3 is 19.4 Å². The van der Waals surface area contributed by atoms with Gasteiger partial charge in [0.1, 0.15) is 12.1 Å². The Labute approximate surface area is 272 Å². The summed E-state index contributed by atoms with van der Waals surface area (Å²) in [5, 5.41) is 0. The van der Waals surface area contributed by atoms with E-state index in [2.05, 4.69) is 39.1 Å². The Morgan fingerprint density at radius 3 is 2.21 bits per heavy atom. The summed E-state index contributed by atoms with van der Waals surface area (Å²) in [5.74, 6) is 1.75. The topological polar surface area (TPSA) is 78.9 Å². The lowest BCUT2D eigenvalue weighted by Gasteiger charge is -2.39. The Bertz CT molecular complexity index is 1330. The van der Waals surface area contributed by atoms with Gasteiger partial charge in [0.2, 0.25) is 5.91 Å². The van der Waals surface area contributed by atoms with E-state index in [1.54, 1.807) is 19.5 Å². The number of amides is 2. The highest BCUT2D eigenvalue weighted by atomic mass is 35.5. The lowest BCUT2D eigenvalue weighted by Crippen LogP contribution is -2.46. The summed E-state index contributed by atoms with van der Waals surface area (Å²) in [4.78, 5) is 41.4. The molecule has 6 rings (SSSR count). The molecule has 2 amide bonds. The molecule has 3 aliphatic heterocycles. The van der Waals surface area contributed by atoms with Gasteiger partial charge in [0.05, 0.1) is 18.1 Å². The van der Waals surface area contributed by atoms with Gasteiger partial charge >= 0.3 is 0 Å². The lowest BCUT2D eigenvalue weighted by atomic mass is 9.76. The van der Waals surface area contributed by atoms with E-state index in [0.29, 0.717) is 37.0 Å². The minimum atomic E-state index is -0.229. The predicted octanol–water partition coefficient (Wildman–Crippen LogP) is 5.12. The average molecular weight is 649 g/mol. The molecule has 11 heteroatoms. The number of aromatic nitrogens is 2. The molecule has 0 bridgehead atoms. The molecule has 3 aromatic rings. The van der Waals surface area contributed by atoms with Crippen LogP contribution in [0, 0.1) is 11.3 Å². The van der Waals surface area contributed by atoms with Crippen molar-refractivity contribution in [2.45, 2.75) is 31.7 Å². The summed E-state index contributed by atoms with van der Waals surface area (Å²) in [6.45, 7) is 5.65. The van der Waals surface area contributed by atoms with E-state index in [-0.39, 0.29) is 54.5 Å². The van der Waals surface area contributed by atoms with E-state index in [4.69, 9.17) is 4.74 Å². The first-order valence-electron chi connectivity index (χ1n) is 14.3. The summed E-state index contributed by atoms with van der Waals surface area (Å²) in [6.07, 6.45) is 7.39. The second-order valence-corrected chi connectivity index (χ2v) is 11.5. The van der Waals surface area contributed by atoms with E-state index < -0.39 is 0 Å². The Morgan fingerprint density at radius 1 is 0.907 bits per heavy atom. The summed E-state index contributed by atoms with van der Waals surface area (Å²) < 4.78 is 5.27. The predicted molar refractivity (Wildman–Crippen MR) is 173 cm³/mol. The molecule has 3 saturated heterocycles. The number of methoxy groups -OCH3 is 1. The smallest absolute Gasteiger partial charge is 0.257 e. The van der Waals surface area contributed by atoms with Crippen molar-refractivity contribution in [1.82, 2.24) is 24.7 Å². The minimum absolute atomic E-state index is 0. The number of benzene rings is 2. The fraction of sp³-hybridized carbons (Fsp3) is 0.438. The molecule has 43 heavy (non-hydrogen) atoms. The van der Waals surface area contributed by atoms with Crippen LogP contribution in [-0.2, 0) is 11.3 Å². The maximum atomic E-state index is 13.6. The molecule has 0 N–H and O–H groups in total. The molecule has 232 valence electrons. The van der Waals surface area contributed by atoms with Crippen LogP contribution in [-0.4, -0.2) is 82.9 Å². The Morgan fingerprint density at radius 2 is 1.56 bits per heavy atom. The second kappa shape index (κ2) is 15.2. The normalized spacial score (nSPS) is 21.1. The van der Waals surface area contributed by atoms with Gasteiger partial charge in [0.15, 0.2) is 0 Å². The van der Waals surface area contributed by atoms with Crippen LogP contribution in [0.1, 0.15) is 46.7 Å². The Balaban J connectivity index is 0.00000169. The number of piperidine rings is 1. The lowest BCUT2D eigenvalue weighted by molar-refractivity contribution is -0.139. The van der Waals surface area contributed by atoms with Crippen molar-refractivity contribution in [1.29, 1.82) is 0 Å². The maximum absolute atomic E-state index is 13.6. The molecule has 0 unspecified atom stereocenters. The first kappa shape index (κ1) is 34.6. The van der Waals surface area contributed by atoms with Crippen molar-refractivity contribution in [3.05, 3.63) is 90.0 Å². The molecule has 0 radical (unpaired) electrons. The van der Waals surface area contributed by atoms with Crippen LogP contribution in [0.4, 0.5) is 0 Å². The molecular weight excluding hydrogens is 609 g/mol. The standard InChI is InChI=1S/C32H37N5O3.3ClH/c1-40-28-9-7-24(8-10-28)19-36-16-13-32(31(36)39)11-14-35(15-12-32)20-27-21-37(30(38)26-17-33-23-34-18-26)22-29(27)25-5-3-2-4-6-25;;;/h2-10,17-18,23,27,29H,11-16,19-22H2,1H3;3*1H/t27-,29+;;;/m0.../s1. The fourth-order valence-electron chi connectivity index (χ4n) is 6.85. The number of hydrogen-bond acceptors (Lipinski definition) is 6. The summed E-state index contributed by atoms with van der Waals surface area (Å²) in [5.41, 5.74) is 2.72. The first-order valence-corrected chi connectivity index (χ1v) is 14.3. The summed E-state index contributed by atoms with van der Waals surface area (Å²) in [6, 6.07) is 18.6. The number of ether oxygens (including phenoxy) is 1. The molecule has 2 aromatic carbocycles. The molecule has 2 atom stereocenters. The van der Waals surface area contributed by atoms with Gasteiger partial charge in [-0.25, -0.2) is 9.97 Å². The molecule has 8 nitrogen and oxygen atoms in total. The number of nitrogens with zero attached hydrogens (tertiary/aromatic N) is 5. The molecule has 3 aliphatic rings. The highest BCUT2D eigenvalue weighted by molar-refractivity contribution is 5.93. The van der Waals surface area contributed by atoms with E-state index in [1.165, 1.54) is 11.9 Å². The van der Waals surface area contributed by atoms with Gasteiger partial charge in [-0.15, -0.1) is 37.2 Å². The van der Waals surface area contributed by atoms with Crippen LogP contribution in [0.2, 0.25) is 0 Å². The Hall–Kier alpha value is -2.91. The van der Waals surface area contributed by atoms with Gasteiger partial charge in [0, 0.05) is 51.0 Å². The largest absolute Gasteiger partial charge is 0.497 e. The molecule has 1 aromatic heterocycles. The summed E-state index contributed by atoms with van der Waals surface area (Å²) >= 11 is 0. The van der Waals surface area contributed by atoms with Gasteiger partial charge in [-0.05, 0) is 61.5 Å². The van der Waals surface area contributed by atoms with Crippen LogP contribution >= 0.6 is 37.2 Å². The van der Waals surface area contributed by atoms with Gasteiger partial charge in [-0.1, -0.05) is 42.5 Å². The molecule has 3 fully saturated rings. The van der Waals surface area contributed by atoms with Crippen LogP contribution in [0.25, 0.3) is 0 Å². The first-order chi connectivity index (χ1) is 19.5. The summed E-state index contributed by atoms with van der Waals surface area (Å²) in [7, 11) is 1.67. The van der Waals surface area contributed by atoms with Crippen LogP contribution < -0.4 is 4.74 Å². The van der Waals surface area contributed by atoms with Crippen molar-refractivity contribution in [3.8, 4) is 5.75 Å². The number of hydrogen-bond donors (Lipinski definition) is 0. The maximum Gasteiger partial charge on any atom is 0.257 e. The van der Waals surface area contributed by atoms with Crippen molar-refractivity contribution < 1.29 is 14.3 Å². The molecule has 0 aliphatic carbocycles. The third-order valence-corrected chi connectivity index (χ3v) is 9.20. The third kappa shape index (κ3) is 7.43. The van der Waals surface area contributed by atoms with E-state index in [0.717, 1.165) is 56.8 Å². The van der Waals surface area contributed by atoms with Crippen LogP contribution in [0.15, 0.2) is 73.3 Å². The van der Waals surface area contributed by atoms with E-state index in [1.807, 2.05) is 40.1 Å². The molecule has 0 saturated carbocycles. The van der Waals surface area contributed by atoms with Crippen LogP contribution in [0.3, 0.4) is 0 Å². The van der Waals surface area contributed by atoms with Gasteiger partial charge in [0.25, 0.3) is 5.91 Å². The Kier molecular flexibility index (Phi) is 12.2. The SMILES string of the molecule is COc1ccc(CN2CCC3(CCN(C[C@H]4CN(C(=O)c5cncnc5)C[C@@H]4c4ccccc4)CC3)C2=O)cc1.Cl.Cl.Cl. The highest BCUT2D eigenvalue weighted by Gasteiger charge is 2.48. The van der Waals surface area contributed by atoms with E-state index >= 15 is 0 Å². The average Bonchev–Trinajstić information content (AvgIpc) is 3.56. The van der Waals surface area contributed by atoms with Crippen LogP contribution in [0.5, 0.6) is 5.75 Å². The van der Waals surface area contributed by atoms with Crippen molar-refractivity contribution in [2.24, 2.45) is 11.3 Å². The van der Waals surface area contributed by atoms with E-state index in [9.17, 15) is 9.59 Å². The molecule has 4 heterocycles. The number of carbonyl (C=O) groups is 2. The zero-order valence-corrected chi connectivity index (χ0v) is 26.8. The van der Waals surface area contributed by atoms with Crippen molar-refractivity contribution in [2.75, 3.05) is 46.4 Å². The zero-order chi connectivity index (χ0) is 27.5. The number of likely N-dealkylation sites (tertiary alicyclic amines) is 3. The number of carbonyl (C=O) groups excluding carboxylic acids is 2. The third-order valence-electron chi connectivity index (χ3n) is 9.20. The van der Waals surface area contributed by atoms with Gasteiger partial charge in [-0.2, -0.15) is 0 Å². The fourth-order valence-corrected chi connectivity index (χ4v) is 6.85. The quantitative estimate of drug-likeness (QED) is 0.354. The van der Waals surface area contributed by atoms with Crippen molar-refractivity contribution >= 4 is 49.0 Å². The van der Waals surface area contributed by atoms with Crippen molar-refractivity contribution in [3.63, 3.8) is 0 Å². The highest BCUT2D eigenvalue weighted by Crippen LogP contribution is 2.43.